The molecule has 7 heteroatoms. The first-order valence-corrected chi connectivity index (χ1v) is 8.80. The Hall–Kier alpha value is -2.96. The number of amides is 1. The highest BCUT2D eigenvalue weighted by Crippen LogP contribution is 2.34. The predicted octanol–water partition coefficient (Wildman–Crippen LogP) is 2.84. The molecule has 26 heavy (non-hydrogen) atoms. The molecule has 0 bridgehead atoms. The van der Waals surface area contributed by atoms with Crippen LogP contribution in [0.4, 0.5) is 5.82 Å². The minimum absolute atomic E-state index is 0.00587. The SMILES string of the molecule is CC(C)c1cc(NC(=O)c2cnn(C)c2)nc2ccn(C3CC3)c(=O)c12. The maximum atomic E-state index is 12.9. The van der Waals surface area contributed by atoms with E-state index in [9.17, 15) is 9.59 Å². The van der Waals surface area contributed by atoms with E-state index in [1.165, 1.54) is 6.20 Å². The van der Waals surface area contributed by atoms with E-state index < -0.39 is 0 Å². The Bertz CT molecular complexity index is 1060. The number of aromatic nitrogens is 4. The molecule has 134 valence electrons. The number of aryl methyl sites for hydroxylation is 1. The summed E-state index contributed by atoms with van der Waals surface area (Å²) in [5.74, 6) is 0.307. The van der Waals surface area contributed by atoms with Crippen molar-refractivity contribution in [2.24, 2.45) is 7.05 Å². The van der Waals surface area contributed by atoms with Crippen LogP contribution in [0.25, 0.3) is 10.9 Å². The molecule has 0 aliphatic heterocycles. The van der Waals surface area contributed by atoms with E-state index in [1.807, 2.05) is 30.7 Å². The lowest BCUT2D eigenvalue weighted by atomic mass is 9.99. The number of fused-ring (bicyclic) bond motifs is 1. The molecular formula is C19H21N5O2. The first-order chi connectivity index (χ1) is 12.4. The first kappa shape index (κ1) is 16.5. The highest BCUT2D eigenvalue weighted by molar-refractivity contribution is 6.04. The number of pyridine rings is 2. The van der Waals surface area contributed by atoms with Crippen LogP contribution in [-0.2, 0) is 7.05 Å². The number of nitrogens with zero attached hydrogens (tertiary/aromatic N) is 4. The Kier molecular flexibility index (Phi) is 3.86. The normalized spacial score (nSPS) is 14.2. The van der Waals surface area contributed by atoms with E-state index in [4.69, 9.17) is 0 Å². The van der Waals surface area contributed by atoms with Crippen molar-refractivity contribution >= 4 is 22.6 Å². The van der Waals surface area contributed by atoms with Crippen LogP contribution in [0.2, 0.25) is 0 Å². The maximum absolute atomic E-state index is 12.9. The molecular weight excluding hydrogens is 330 g/mol. The summed E-state index contributed by atoms with van der Waals surface area (Å²) in [6.07, 6.45) is 7.07. The van der Waals surface area contributed by atoms with Gasteiger partial charge in [0.2, 0.25) is 0 Å². The summed E-state index contributed by atoms with van der Waals surface area (Å²) in [5.41, 5.74) is 1.98. The molecule has 0 unspecified atom stereocenters. The summed E-state index contributed by atoms with van der Waals surface area (Å²) in [6.45, 7) is 4.07. The van der Waals surface area contributed by atoms with Crippen LogP contribution >= 0.6 is 0 Å². The van der Waals surface area contributed by atoms with E-state index in [0.29, 0.717) is 28.3 Å². The Morgan fingerprint density at radius 2 is 2.12 bits per heavy atom. The molecule has 0 saturated heterocycles. The minimum Gasteiger partial charge on any atom is -0.312 e. The second kappa shape index (κ2) is 6.09. The van der Waals surface area contributed by atoms with Gasteiger partial charge in [0.1, 0.15) is 5.82 Å². The summed E-state index contributed by atoms with van der Waals surface area (Å²) in [4.78, 5) is 29.8. The van der Waals surface area contributed by atoms with Crippen LogP contribution < -0.4 is 10.9 Å². The van der Waals surface area contributed by atoms with Crippen LogP contribution in [0, 0.1) is 0 Å². The number of anilines is 1. The molecule has 3 aromatic heterocycles. The van der Waals surface area contributed by atoms with Crippen molar-refractivity contribution in [1.82, 2.24) is 19.3 Å². The zero-order valence-corrected chi connectivity index (χ0v) is 15.1. The molecule has 4 rings (SSSR count). The van der Waals surface area contributed by atoms with Gasteiger partial charge in [0.25, 0.3) is 11.5 Å². The third-order valence-corrected chi connectivity index (χ3v) is 4.69. The number of hydrogen-bond donors (Lipinski definition) is 1. The van der Waals surface area contributed by atoms with Gasteiger partial charge in [0, 0.05) is 25.5 Å². The molecule has 0 atom stereocenters. The smallest absolute Gasteiger partial charge is 0.260 e. The highest BCUT2D eigenvalue weighted by Gasteiger charge is 2.26. The Labute approximate surface area is 150 Å². The molecule has 1 saturated carbocycles. The quantitative estimate of drug-likeness (QED) is 0.784. The topological polar surface area (TPSA) is 81.8 Å². The van der Waals surface area contributed by atoms with Crippen LogP contribution in [0.15, 0.2) is 35.5 Å². The van der Waals surface area contributed by atoms with Crippen molar-refractivity contribution in [2.75, 3.05) is 5.32 Å². The van der Waals surface area contributed by atoms with Crippen molar-refractivity contribution < 1.29 is 4.79 Å². The average Bonchev–Trinajstić information content (AvgIpc) is 3.34. The molecule has 1 aliphatic rings. The van der Waals surface area contributed by atoms with Gasteiger partial charge >= 0.3 is 0 Å². The lowest BCUT2D eigenvalue weighted by Crippen LogP contribution is -2.21. The Balaban J connectivity index is 1.78. The fourth-order valence-corrected chi connectivity index (χ4v) is 3.17. The van der Waals surface area contributed by atoms with Crippen molar-refractivity contribution in [3.8, 4) is 0 Å². The molecule has 0 aromatic carbocycles. The fraction of sp³-hybridized carbons (Fsp3) is 0.368. The third-order valence-electron chi connectivity index (χ3n) is 4.69. The molecule has 0 spiro atoms. The summed E-state index contributed by atoms with van der Waals surface area (Å²) < 4.78 is 3.38. The zero-order chi connectivity index (χ0) is 18.4. The average molecular weight is 351 g/mol. The largest absolute Gasteiger partial charge is 0.312 e. The van der Waals surface area contributed by atoms with Gasteiger partial charge in [0.05, 0.1) is 22.7 Å². The zero-order valence-electron chi connectivity index (χ0n) is 15.1. The van der Waals surface area contributed by atoms with Crippen LogP contribution in [-0.4, -0.2) is 25.2 Å². The van der Waals surface area contributed by atoms with E-state index >= 15 is 0 Å². The predicted molar refractivity (Wildman–Crippen MR) is 99.5 cm³/mol. The van der Waals surface area contributed by atoms with Crippen LogP contribution in [0.1, 0.15) is 54.6 Å². The van der Waals surface area contributed by atoms with Gasteiger partial charge in [-0.05, 0) is 36.5 Å². The summed E-state index contributed by atoms with van der Waals surface area (Å²) in [5, 5.41) is 7.47. The molecule has 3 aromatic rings. The van der Waals surface area contributed by atoms with Crippen molar-refractivity contribution in [3.63, 3.8) is 0 Å². The summed E-state index contributed by atoms with van der Waals surface area (Å²) in [7, 11) is 1.76. The molecule has 3 heterocycles. The van der Waals surface area contributed by atoms with Crippen LogP contribution in [0.5, 0.6) is 0 Å². The molecule has 0 radical (unpaired) electrons. The number of carbonyl (C=O) groups is 1. The first-order valence-electron chi connectivity index (χ1n) is 8.80. The van der Waals surface area contributed by atoms with Crippen LogP contribution in [0.3, 0.4) is 0 Å². The molecule has 1 amide bonds. The monoisotopic (exact) mass is 351 g/mol. The van der Waals surface area contributed by atoms with Crippen molar-refractivity contribution in [1.29, 1.82) is 0 Å². The molecule has 1 N–H and O–H groups in total. The van der Waals surface area contributed by atoms with E-state index in [1.54, 1.807) is 24.0 Å². The maximum Gasteiger partial charge on any atom is 0.260 e. The van der Waals surface area contributed by atoms with Crippen molar-refractivity contribution in [3.05, 3.63) is 52.2 Å². The van der Waals surface area contributed by atoms with Gasteiger partial charge < -0.3 is 9.88 Å². The summed E-state index contributed by atoms with van der Waals surface area (Å²) in [6, 6.07) is 3.98. The number of carbonyl (C=O) groups excluding carboxylic acids is 1. The van der Waals surface area contributed by atoms with Crippen molar-refractivity contribution in [2.45, 2.75) is 38.6 Å². The standard InChI is InChI=1S/C19H21N5O2/c1-11(2)14-8-16(22-18(25)12-9-20-23(3)10-12)21-15-6-7-24(13-4-5-13)19(26)17(14)15/h6-11,13H,4-5H2,1-3H3,(H,21,22,25). The van der Waals surface area contributed by atoms with Gasteiger partial charge in [0.15, 0.2) is 0 Å². The molecule has 1 fully saturated rings. The Morgan fingerprint density at radius 1 is 1.35 bits per heavy atom. The molecule has 1 aliphatic carbocycles. The highest BCUT2D eigenvalue weighted by atomic mass is 16.1. The van der Waals surface area contributed by atoms with Gasteiger partial charge in [-0.1, -0.05) is 13.8 Å². The second-order valence-electron chi connectivity index (χ2n) is 7.13. The van der Waals surface area contributed by atoms with Gasteiger partial charge in [-0.2, -0.15) is 5.10 Å². The lowest BCUT2D eigenvalue weighted by molar-refractivity contribution is 0.102. The van der Waals surface area contributed by atoms with Gasteiger partial charge in [-0.3, -0.25) is 14.3 Å². The number of nitrogens with one attached hydrogen (secondary N) is 1. The lowest BCUT2D eigenvalue weighted by Gasteiger charge is -2.14. The number of hydrogen-bond acceptors (Lipinski definition) is 4. The fourth-order valence-electron chi connectivity index (χ4n) is 3.17. The minimum atomic E-state index is -0.272. The third kappa shape index (κ3) is 2.89. The molecule has 7 nitrogen and oxygen atoms in total. The van der Waals surface area contributed by atoms with Gasteiger partial charge in [-0.25, -0.2) is 4.98 Å². The van der Waals surface area contributed by atoms with E-state index in [-0.39, 0.29) is 17.4 Å². The Morgan fingerprint density at radius 3 is 2.73 bits per heavy atom. The number of rotatable bonds is 4. The van der Waals surface area contributed by atoms with Gasteiger partial charge in [-0.15, -0.1) is 0 Å². The second-order valence-corrected chi connectivity index (χ2v) is 7.13. The van der Waals surface area contributed by atoms with E-state index in [2.05, 4.69) is 15.4 Å². The van der Waals surface area contributed by atoms with E-state index in [0.717, 1.165) is 18.4 Å². The summed E-state index contributed by atoms with van der Waals surface area (Å²) >= 11 is 0.